The van der Waals surface area contributed by atoms with Crippen LogP contribution in [0, 0.1) is 5.92 Å². The standard InChI is InChI=1S/C15H24N2O/c1-17(11-13-7-9-16-10-8-13)12-14-5-3-4-6-15(14)18-2/h3-6,13,16H,7-12H2,1-2H3. The summed E-state index contributed by atoms with van der Waals surface area (Å²) in [4.78, 5) is 2.41. The zero-order valence-electron chi connectivity index (χ0n) is 11.5. The van der Waals surface area contributed by atoms with Gasteiger partial charge in [0, 0.05) is 18.7 Å². The molecule has 1 heterocycles. The maximum atomic E-state index is 5.40. The molecular formula is C15H24N2O. The highest BCUT2D eigenvalue weighted by Crippen LogP contribution is 2.20. The van der Waals surface area contributed by atoms with Crippen molar-refractivity contribution in [2.24, 2.45) is 5.92 Å². The van der Waals surface area contributed by atoms with Crippen LogP contribution in [0.15, 0.2) is 24.3 Å². The second kappa shape index (κ2) is 6.76. The van der Waals surface area contributed by atoms with Crippen molar-refractivity contribution in [3.63, 3.8) is 0 Å². The Morgan fingerprint density at radius 2 is 2.00 bits per heavy atom. The molecule has 1 aliphatic rings. The van der Waals surface area contributed by atoms with E-state index in [1.807, 2.05) is 12.1 Å². The van der Waals surface area contributed by atoms with Crippen LogP contribution in [0.2, 0.25) is 0 Å². The number of piperidine rings is 1. The fourth-order valence-corrected chi connectivity index (χ4v) is 2.69. The van der Waals surface area contributed by atoms with Crippen molar-refractivity contribution in [1.82, 2.24) is 10.2 Å². The molecule has 0 unspecified atom stereocenters. The maximum absolute atomic E-state index is 5.40. The minimum absolute atomic E-state index is 0.839. The molecule has 0 aliphatic carbocycles. The van der Waals surface area contributed by atoms with Gasteiger partial charge in [-0.2, -0.15) is 0 Å². The Labute approximate surface area is 110 Å². The smallest absolute Gasteiger partial charge is 0.123 e. The summed E-state index contributed by atoms with van der Waals surface area (Å²) >= 11 is 0. The molecule has 0 spiro atoms. The van der Waals surface area contributed by atoms with Gasteiger partial charge in [-0.05, 0) is 45.0 Å². The van der Waals surface area contributed by atoms with Gasteiger partial charge < -0.3 is 15.0 Å². The maximum Gasteiger partial charge on any atom is 0.123 e. The third-order valence-corrected chi connectivity index (χ3v) is 3.66. The third kappa shape index (κ3) is 3.72. The van der Waals surface area contributed by atoms with Crippen molar-refractivity contribution in [2.45, 2.75) is 19.4 Å². The molecule has 0 aromatic heterocycles. The van der Waals surface area contributed by atoms with Gasteiger partial charge in [-0.15, -0.1) is 0 Å². The third-order valence-electron chi connectivity index (χ3n) is 3.66. The van der Waals surface area contributed by atoms with Crippen LogP contribution in [-0.4, -0.2) is 38.7 Å². The average Bonchev–Trinajstić information content (AvgIpc) is 2.40. The predicted molar refractivity (Wildman–Crippen MR) is 74.9 cm³/mol. The monoisotopic (exact) mass is 248 g/mol. The lowest BCUT2D eigenvalue weighted by Gasteiger charge is -2.27. The number of nitrogens with zero attached hydrogens (tertiary/aromatic N) is 1. The lowest BCUT2D eigenvalue weighted by molar-refractivity contribution is 0.232. The fraction of sp³-hybridized carbons (Fsp3) is 0.600. The van der Waals surface area contributed by atoms with Gasteiger partial charge in [-0.3, -0.25) is 0 Å². The quantitative estimate of drug-likeness (QED) is 0.864. The minimum atomic E-state index is 0.839. The first-order chi connectivity index (χ1) is 8.79. The van der Waals surface area contributed by atoms with Gasteiger partial charge in [0.15, 0.2) is 0 Å². The number of rotatable bonds is 5. The molecular weight excluding hydrogens is 224 g/mol. The Hall–Kier alpha value is -1.06. The molecule has 100 valence electrons. The van der Waals surface area contributed by atoms with Crippen LogP contribution < -0.4 is 10.1 Å². The second-order valence-corrected chi connectivity index (χ2v) is 5.20. The van der Waals surface area contributed by atoms with Gasteiger partial charge in [-0.1, -0.05) is 18.2 Å². The summed E-state index contributed by atoms with van der Waals surface area (Å²) in [6, 6.07) is 8.29. The first-order valence-electron chi connectivity index (χ1n) is 6.80. The van der Waals surface area contributed by atoms with Gasteiger partial charge >= 0.3 is 0 Å². The van der Waals surface area contributed by atoms with E-state index in [-0.39, 0.29) is 0 Å². The number of para-hydroxylation sites is 1. The first kappa shape index (κ1) is 13.4. The molecule has 0 amide bonds. The van der Waals surface area contributed by atoms with Gasteiger partial charge in [0.05, 0.1) is 7.11 Å². The highest BCUT2D eigenvalue weighted by molar-refractivity contribution is 5.32. The summed E-state index contributed by atoms with van der Waals surface area (Å²) in [5.74, 6) is 1.83. The number of methoxy groups -OCH3 is 1. The summed E-state index contributed by atoms with van der Waals surface area (Å²) in [5, 5.41) is 3.42. The number of hydrogen-bond acceptors (Lipinski definition) is 3. The van der Waals surface area contributed by atoms with Crippen LogP contribution in [0.4, 0.5) is 0 Å². The Kier molecular flexibility index (Phi) is 5.02. The molecule has 1 aromatic rings. The Balaban J connectivity index is 1.87. The van der Waals surface area contributed by atoms with E-state index in [0.717, 1.165) is 18.2 Å². The van der Waals surface area contributed by atoms with E-state index in [1.165, 1.54) is 38.0 Å². The predicted octanol–water partition coefficient (Wildman–Crippen LogP) is 2.13. The molecule has 18 heavy (non-hydrogen) atoms. The molecule has 1 aliphatic heterocycles. The molecule has 1 fully saturated rings. The van der Waals surface area contributed by atoms with E-state index in [2.05, 4.69) is 29.4 Å². The average molecular weight is 248 g/mol. The van der Waals surface area contributed by atoms with Crippen molar-refractivity contribution >= 4 is 0 Å². The van der Waals surface area contributed by atoms with E-state index >= 15 is 0 Å². The topological polar surface area (TPSA) is 24.5 Å². The summed E-state index contributed by atoms with van der Waals surface area (Å²) in [5.41, 5.74) is 1.27. The Morgan fingerprint density at radius 3 is 2.72 bits per heavy atom. The van der Waals surface area contributed by atoms with Crippen LogP contribution in [0.25, 0.3) is 0 Å². The molecule has 3 nitrogen and oxygen atoms in total. The SMILES string of the molecule is COc1ccccc1CN(C)CC1CCNCC1. The molecule has 0 radical (unpaired) electrons. The Morgan fingerprint density at radius 1 is 1.28 bits per heavy atom. The largest absolute Gasteiger partial charge is 0.496 e. The van der Waals surface area contributed by atoms with Crippen molar-refractivity contribution in [1.29, 1.82) is 0 Å². The van der Waals surface area contributed by atoms with Crippen LogP contribution in [0.1, 0.15) is 18.4 Å². The zero-order chi connectivity index (χ0) is 12.8. The van der Waals surface area contributed by atoms with Crippen LogP contribution in [0.3, 0.4) is 0 Å². The summed E-state index contributed by atoms with van der Waals surface area (Å²) in [6.45, 7) is 4.49. The van der Waals surface area contributed by atoms with E-state index < -0.39 is 0 Å². The van der Waals surface area contributed by atoms with Gasteiger partial charge in [-0.25, -0.2) is 0 Å². The normalized spacial score (nSPS) is 17.1. The summed E-state index contributed by atoms with van der Waals surface area (Å²) in [7, 11) is 3.94. The number of hydrogen-bond donors (Lipinski definition) is 1. The number of benzene rings is 1. The van der Waals surface area contributed by atoms with Gasteiger partial charge in [0.25, 0.3) is 0 Å². The number of ether oxygens (including phenoxy) is 1. The fourth-order valence-electron chi connectivity index (χ4n) is 2.69. The van der Waals surface area contributed by atoms with E-state index in [0.29, 0.717) is 0 Å². The molecule has 0 atom stereocenters. The molecule has 1 N–H and O–H groups in total. The van der Waals surface area contributed by atoms with E-state index in [4.69, 9.17) is 4.74 Å². The van der Waals surface area contributed by atoms with E-state index in [1.54, 1.807) is 7.11 Å². The first-order valence-corrected chi connectivity index (χ1v) is 6.80. The van der Waals surface area contributed by atoms with Crippen molar-refractivity contribution < 1.29 is 4.74 Å². The summed E-state index contributed by atoms with van der Waals surface area (Å²) < 4.78 is 5.40. The lowest BCUT2D eigenvalue weighted by atomic mass is 9.97. The minimum Gasteiger partial charge on any atom is -0.496 e. The van der Waals surface area contributed by atoms with Crippen LogP contribution in [0.5, 0.6) is 5.75 Å². The van der Waals surface area contributed by atoms with Gasteiger partial charge in [0.2, 0.25) is 0 Å². The van der Waals surface area contributed by atoms with Crippen molar-refractivity contribution in [2.75, 3.05) is 33.8 Å². The van der Waals surface area contributed by atoms with Crippen LogP contribution in [-0.2, 0) is 6.54 Å². The van der Waals surface area contributed by atoms with Crippen molar-refractivity contribution in [3.8, 4) is 5.75 Å². The molecule has 1 aromatic carbocycles. The molecule has 3 heteroatoms. The number of nitrogens with one attached hydrogen (secondary N) is 1. The second-order valence-electron chi connectivity index (χ2n) is 5.20. The zero-order valence-corrected chi connectivity index (χ0v) is 11.5. The van der Waals surface area contributed by atoms with Crippen LogP contribution >= 0.6 is 0 Å². The molecule has 0 bridgehead atoms. The highest BCUT2D eigenvalue weighted by Gasteiger charge is 2.15. The van der Waals surface area contributed by atoms with E-state index in [9.17, 15) is 0 Å². The van der Waals surface area contributed by atoms with Crippen molar-refractivity contribution in [3.05, 3.63) is 29.8 Å². The molecule has 0 saturated carbocycles. The summed E-state index contributed by atoms with van der Waals surface area (Å²) in [6.07, 6.45) is 2.60. The lowest BCUT2D eigenvalue weighted by Crippen LogP contribution is -2.34. The molecule has 2 rings (SSSR count). The van der Waals surface area contributed by atoms with Gasteiger partial charge in [0.1, 0.15) is 5.75 Å². The molecule has 1 saturated heterocycles. The highest BCUT2D eigenvalue weighted by atomic mass is 16.5. The Bertz CT molecular complexity index is 361.